The Morgan fingerprint density at radius 1 is 1.36 bits per heavy atom. The molecule has 0 saturated heterocycles. The number of pyridine rings is 1. The van der Waals surface area contributed by atoms with Gasteiger partial charge in [0.05, 0.1) is 6.26 Å². The van der Waals surface area contributed by atoms with Crippen molar-refractivity contribution in [1.82, 2.24) is 4.98 Å². The summed E-state index contributed by atoms with van der Waals surface area (Å²) in [7, 11) is 0. The highest BCUT2D eigenvalue weighted by molar-refractivity contribution is 6.07. The molecule has 2 rings (SSSR count). The third kappa shape index (κ3) is 1.37. The Morgan fingerprint density at radius 3 is 2.86 bits per heavy atom. The van der Waals surface area contributed by atoms with Crippen LogP contribution in [0.25, 0.3) is 0 Å². The van der Waals surface area contributed by atoms with Gasteiger partial charge in [0.25, 0.3) is 0 Å². The zero-order chi connectivity index (χ0) is 9.97. The number of furan rings is 1. The van der Waals surface area contributed by atoms with Crippen molar-refractivity contribution in [2.45, 2.75) is 0 Å². The van der Waals surface area contributed by atoms with Gasteiger partial charge in [0.15, 0.2) is 11.5 Å². The molecule has 70 valence electrons. The highest BCUT2D eigenvalue weighted by Crippen LogP contribution is 2.17. The minimum Gasteiger partial charge on any atom is -0.506 e. The van der Waals surface area contributed by atoms with Crippen LogP contribution in [0, 0.1) is 0 Å². The fourth-order valence-corrected chi connectivity index (χ4v) is 1.10. The standard InChI is InChI=1S/C10H7NO3/c12-7-3-1-5-11-9(7)10(13)8-4-2-6-14-8/h1-6,12H. The Kier molecular flexibility index (Phi) is 2.02. The predicted octanol–water partition coefficient (Wildman–Crippen LogP) is 1.61. The first kappa shape index (κ1) is 8.50. The summed E-state index contributed by atoms with van der Waals surface area (Å²) in [6.07, 6.45) is 2.84. The van der Waals surface area contributed by atoms with Crippen molar-refractivity contribution in [3.05, 3.63) is 48.2 Å². The second-order valence-electron chi connectivity index (χ2n) is 2.68. The lowest BCUT2D eigenvalue weighted by Gasteiger charge is -1.98. The van der Waals surface area contributed by atoms with Gasteiger partial charge in [-0.15, -0.1) is 0 Å². The van der Waals surface area contributed by atoms with Gasteiger partial charge in [-0.2, -0.15) is 0 Å². The zero-order valence-corrected chi connectivity index (χ0v) is 7.18. The molecule has 0 fully saturated rings. The van der Waals surface area contributed by atoms with Crippen LogP contribution in [-0.4, -0.2) is 15.9 Å². The van der Waals surface area contributed by atoms with E-state index in [1.165, 1.54) is 24.6 Å². The topological polar surface area (TPSA) is 63.3 Å². The lowest BCUT2D eigenvalue weighted by Crippen LogP contribution is -2.02. The van der Waals surface area contributed by atoms with E-state index in [2.05, 4.69) is 4.98 Å². The molecule has 1 N–H and O–H groups in total. The van der Waals surface area contributed by atoms with Crippen LogP contribution in [-0.2, 0) is 0 Å². The molecule has 14 heavy (non-hydrogen) atoms. The maximum Gasteiger partial charge on any atom is 0.250 e. The summed E-state index contributed by atoms with van der Waals surface area (Å²) in [5, 5.41) is 9.35. The van der Waals surface area contributed by atoms with Crippen LogP contribution in [0.3, 0.4) is 0 Å². The average Bonchev–Trinajstić information content (AvgIpc) is 2.70. The van der Waals surface area contributed by atoms with E-state index in [0.29, 0.717) is 0 Å². The van der Waals surface area contributed by atoms with E-state index in [0.717, 1.165) is 0 Å². The first-order valence-electron chi connectivity index (χ1n) is 4.01. The highest BCUT2D eigenvalue weighted by atomic mass is 16.3. The van der Waals surface area contributed by atoms with Crippen LogP contribution in [0.4, 0.5) is 0 Å². The highest BCUT2D eigenvalue weighted by Gasteiger charge is 2.16. The molecule has 0 aromatic carbocycles. The molecule has 0 aliphatic rings. The van der Waals surface area contributed by atoms with Crippen molar-refractivity contribution < 1.29 is 14.3 Å². The normalized spacial score (nSPS) is 10.0. The Hall–Kier alpha value is -2.10. The van der Waals surface area contributed by atoms with Crippen molar-refractivity contribution in [1.29, 1.82) is 0 Å². The molecular weight excluding hydrogens is 182 g/mol. The maximum absolute atomic E-state index is 11.6. The van der Waals surface area contributed by atoms with Gasteiger partial charge in [-0.05, 0) is 24.3 Å². The van der Waals surface area contributed by atoms with Crippen LogP contribution in [0.2, 0.25) is 0 Å². The maximum atomic E-state index is 11.6. The van der Waals surface area contributed by atoms with Crippen LogP contribution in [0.1, 0.15) is 16.2 Å². The molecule has 0 unspecified atom stereocenters. The number of carbonyl (C=O) groups excluding carboxylic acids is 1. The lowest BCUT2D eigenvalue weighted by atomic mass is 10.2. The molecule has 4 nitrogen and oxygen atoms in total. The van der Waals surface area contributed by atoms with Gasteiger partial charge < -0.3 is 9.52 Å². The molecule has 2 aromatic heterocycles. The van der Waals surface area contributed by atoms with Crippen LogP contribution >= 0.6 is 0 Å². The van der Waals surface area contributed by atoms with E-state index in [4.69, 9.17) is 4.42 Å². The van der Waals surface area contributed by atoms with Crippen molar-refractivity contribution in [3.8, 4) is 5.75 Å². The number of rotatable bonds is 2. The molecule has 4 heteroatoms. The van der Waals surface area contributed by atoms with E-state index in [-0.39, 0.29) is 17.2 Å². The summed E-state index contributed by atoms with van der Waals surface area (Å²) >= 11 is 0. The number of aromatic hydroxyl groups is 1. The van der Waals surface area contributed by atoms with Gasteiger partial charge in [-0.1, -0.05) is 0 Å². The Balaban J connectivity index is 2.42. The second-order valence-corrected chi connectivity index (χ2v) is 2.68. The smallest absolute Gasteiger partial charge is 0.250 e. The summed E-state index contributed by atoms with van der Waals surface area (Å²) < 4.78 is 4.90. The van der Waals surface area contributed by atoms with E-state index in [1.54, 1.807) is 12.1 Å². The summed E-state index contributed by atoms with van der Waals surface area (Å²) in [4.78, 5) is 15.4. The monoisotopic (exact) mass is 189 g/mol. The third-order valence-corrected chi connectivity index (χ3v) is 1.75. The molecule has 0 aliphatic heterocycles. The SMILES string of the molecule is O=C(c1ccco1)c1ncccc1O. The molecule has 0 spiro atoms. The fraction of sp³-hybridized carbons (Fsp3) is 0. The van der Waals surface area contributed by atoms with E-state index in [1.807, 2.05) is 0 Å². The van der Waals surface area contributed by atoms with E-state index >= 15 is 0 Å². The molecule has 0 aliphatic carbocycles. The Labute approximate surface area is 79.8 Å². The largest absolute Gasteiger partial charge is 0.506 e. The molecule has 0 saturated carbocycles. The molecular formula is C10H7NO3. The number of nitrogens with zero attached hydrogens (tertiary/aromatic N) is 1. The van der Waals surface area contributed by atoms with Gasteiger partial charge in [0.1, 0.15) is 5.75 Å². The minimum atomic E-state index is -0.423. The van der Waals surface area contributed by atoms with Gasteiger partial charge in [0.2, 0.25) is 5.78 Å². The number of hydrogen-bond acceptors (Lipinski definition) is 4. The first-order valence-corrected chi connectivity index (χ1v) is 4.01. The summed E-state index contributed by atoms with van der Waals surface area (Å²) in [6.45, 7) is 0. The van der Waals surface area contributed by atoms with Gasteiger partial charge in [0, 0.05) is 6.20 Å². The number of hydrogen-bond donors (Lipinski definition) is 1. The molecule has 2 aromatic rings. The summed E-state index contributed by atoms with van der Waals surface area (Å²) in [5.74, 6) is -0.402. The molecule has 2 heterocycles. The van der Waals surface area contributed by atoms with Gasteiger partial charge >= 0.3 is 0 Å². The van der Waals surface area contributed by atoms with Crippen LogP contribution in [0.15, 0.2) is 41.1 Å². The number of aromatic nitrogens is 1. The average molecular weight is 189 g/mol. The third-order valence-electron chi connectivity index (χ3n) is 1.75. The van der Waals surface area contributed by atoms with E-state index < -0.39 is 5.78 Å². The van der Waals surface area contributed by atoms with E-state index in [9.17, 15) is 9.90 Å². The quantitative estimate of drug-likeness (QED) is 0.729. The second kappa shape index (κ2) is 3.33. The van der Waals surface area contributed by atoms with Gasteiger partial charge in [-0.25, -0.2) is 4.98 Å². The molecule has 0 bridgehead atoms. The predicted molar refractivity (Wildman–Crippen MR) is 48.0 cm³/mol. The zero-order valence-electron chi connectivity index (χ0n) is 7.18. The molecule has 0 radical (unpaired) electrons. The molecule has 0 atom stereocenters. The van der Waals surface area contributed by atoms with Crippen LogP contribution < -0.4 is 0 Å². The first-order chi connectivity index (χ1) is 6.79. The number of carbonyl (C=O) groups is 1. The Morgan fingerprint density at radius 2 is 2.21 bits per heavy atom. The summed E-state index contributed by atoms with van der Waals surface area (Å²) in [6, 6.07) is 6.08. The van der Waals surface area contributed by atoms with Crippen molar-refractivity contribution in [2.75, 3.05) is 0 Å². The summed E-state index contributed by atoms with van der Waals surface area (Å²) in [5.41, 5.74) is 0.00227. The lowest BCUT2D eigenvalue weighted by molar-refractivity contribution is 0.100. The fourth-order valence-electron chi connectivity index (χ4n) is 1.10. The van der Waals surface area contributed by atoms with Crippen molar-refractivity contribution >= 4 is 5.78 Å². The van der Waals surface area contributed by atoms with Crippen molar-refractivity contribution in [2.24, 2.45) is 0 Å². The molecule has 0 amide bonds. The van der Waals surface area contributed by atoms with Crippen molar-refractivity contribution in [3.63, 3.8) is 0 Å². The minimum absolute atomic E-state index is 0.00227. The number of ketones is 1. The van der Waals surface area contributed by atoms with Gasteiger partial charge in [-0.3, -0.25) is 4.79 Å². The Bertz CT molecular complexity index is 448. The van der Waals surface area contributed by atoms with Crippen LogP contribution in [0.5, 0.6) is 5.75 Å².